The van der Waals surface area contributed by atoms with Gasteiger partial charge in [-0.2, -0.15) is 0 Å². The second kappa shape index (κ2) is 9.77. The Balaban J connectivity index is 0.00000261. The lowest BCUT2D eigenvalue weighted by Gasteiger charge is -2.35. The number of para-hydroxylation sites is 2. The van der Waals surface area contributed by atoms with Crippen molar-refractivity contribution in [2.75, 3.05) is 33.4 Å². The maximum atomic E-state index is 12.7. The number of halogens is 1. The zero-order valence-electron chi connectivity index (χ0n) is 15.3. The molecule has 2 amide bonds. The molecular formula is C18H26ClN3O5. The van der Waals surface area contributed by atoms with Gasteiger partial charge in [0.2, 0.25) is 12.0 Å². The molecule has 1 aromatic carbocycles. The summed E-state index contributed by atoms with van der Waals surface area (Å²) in [6, 6.07) is 6.66. The predicted molar refractivity (Wildman–Crippen MR) is 101 cm³/mol. The molecule has 9 heteroatoms. The molecule has 0 aromatic heterocycles. The maximum absolute atomic E-state index is 12.7. The van der Waals surface area contributed by atoms with E-state index in [1.807, 2.05) is 18.2 Å². The molecule has 0 spiro atoms. The number of piperidine rings is 1. The zero-order chi connectivity index (χ0) is 18.5. The Labute approximate surface area is 164 Å². The van der Waals surface area contributed by atoms with E-state index in [9.17, 15) is 9.59 Å². The minimum atomic E-state index is -0.674. The Hall–Kier alpha value is -2.03. The van der Waals surface area contributed by atoms with Gasteiger partial charge in [0, 0.05) is 26.2 Å². The van der Waals surface area contributed by atoms with Crippen LogP contribution in [0.25, 0.3) is 0 Å². The maximum Gasteiger partial charge on any atom is 0.267 e. The van der Waals surface area contributed by atoms with Crippen LogP contribution in [0.15, 0.2) is 24.3 Å². The summed E-state index contributed by atoms with van der Waals surface area (Å²) in [5.41, 5.74) is 5.72. The SMILES string of the molecule is COCC(N)C(=O)NC1CCN(C(=O)C2COc3ccccc3O2)CC1.Cl. The number of hydrogen-bond donors (Lipinski definition) is 2. The van der Waals surface area contributed by atoms with Crippen LogP contribution in [0.1, 0.15) is 12.8 Å². The Bertz CT molecular complexity index is 652. The third-order valence-corrected chi connectivity index (χ3v) is 4.62. The van der Waals surface area contributed by atoms with Crippen molar-refractivity contribution in [3.05, 3.63) is 24.3 Å². The number of amides is 2. The summed E-state index contributed by atoms with van der Waals surface area (Å²) in [7, 11) is 1.51. The first-order chi connectivity index (χ1) is 12.6. The van der Waals surface area contributed by atoms with E-state index in [2.05, 4.69) is 5.32 Å². The van der Waals surface area contributed by atoms with Crippen LogP contribution in [-0.4, -0.2) is 68.3 Å². The van der Waals surface area contributed by atoms with Gasteiger partial charge < -0.3 is 30.2 Å². The van der Waals surface area contributed by atoms with Gasteiger partial charge in [-0.25, -0.2) is 0 Å². The van der Waals surface area contributed by atoms with Gasteiger partial charge in [-0.1, -0.05) is 12.1 Å². The van der Waals surface area contributed by atoms with Crippen LogP contribution in [0.4, 0.5) is 0 Å². The third-order valence-electron chi connectivity index (χ3n) is 4.62. The van der Waals surface area contributed by atoms with Crippen LogP contribution in [0.5, 0.6) is 11.5 Å². The Morgan fingerprint density at radius 2 is 1.96 bits per heavy atom. The molecule has 27 heavy (non-hydrogen) atoms. The van der Waals surface area contributed by atoms with E-state index in [4.69, 9.17) is 19.9 Å². The van der Waals surface area contributed by atoms with Gasteiger partial charge in [-0.05, 0) is 25.0 Å². The van der Waals surface area contributed by atoms with E-state index in [1.165, 1.54) is 7.11 Å². The molecule has 1 fully saturated rings. The molecule has 2 aliphatic heterocycles. The minimum absolute atomic E-state index is 0. The highest BCUT2D eigenvalue weighted by atomic mass is 35.5. The van der Waals surface area contributed by atoms with Crippen LogP contribution >= 0.6 is 12.4 Å². The van der Waals surface area contributed by atoms with Gasteiger partial charge in [0.25, 0.3) is 5.91 Å². The number of nitrogens with one attached hydrogen (secondary N) is 1. The molecule has 2 heterocycles. The van der Waals surface area contributed by atoms with E-state index in [0.717, 1.165) is 0 Å². The summed E-state index contributed by atoms with van der Waals surface area (Å²) in [6.45, 7) is 1.51. The number of methoxy groups -OCH3 is 1. The normalized spacial score (nSPS) is 20.4. The van der Waals surface area contributed by atoms with Gasteiger partial charge in [0.15, 0.2) is 11.5 Å². The first kappa shape index (κ1) is 21.3. The summed E-state index contributed by atoms with van der Waals surface area (Å²) < 4.78 is 16.3. The molecule has 8 nitrogen and oxygen atoms in total. The Morgan fingerprint density at radius 1 is 1.30 bits per heavy atom. The van der Waals surface area contributed by atoms with E-state index in [0.29, 0.717) is 37.4 Å². The number of nitrogens with two attached hydrogens (primary N) is 1. The first-order valence-electron chi connectivity index (χ1n) is 8.80. The molecule has 3 N–H and O–H groups in total. The van der Waals surface area contributed by atoms with Crippen molar-refractivity contribution in [2.45, 2.75) is 31.0 Å². The van der Waals surface area contributed by atoms with Crippen molar-refractivity contribution < 1.29 is 23.8 Å². The molecule has 0 radical (unpaired) electrons. The number of fused-ring (bicyclic) bond motifs is 1. The summed E-state index contributed by atoms with van der Waals surface area (Å²) in [6.07, 6.45) is 0.731. The minimum Gasteiger partial charge on any atom is -0.485 e. The van der Waals surface area contributed by atoms with Crippen molar-refractivity contribution in [3.63, 3.8) is 0 Å². The molecule has 150 valence electrons. The molecular weight excluding hydrogens is 374 g/mol. The quantitative estimate of drug-likeness (QED) is 0.739. The third kappa shape index (κ3) is 5.24. The van der Waals surface area contributed by atoms with E-state index in [1.54, 1.807) is 11.0 Å². The van der Waals surface area contributed by atoms with E-state index < -0.39 is 12.1 Å². The molecule has 0 bridgehead atoms. The number of likely N-dealkylation sites (tertiary alicyclic amines) is 1. The second-order valence-corrected chi connectivity index (χ2v) is 6.53. The monoisotopic (exact) mass is 399 g/mol. The summed E-state index contributed by atoms with van der Waals surface area (Å²) in [4.78, 5) is 26.4. The smallest absolute Gasteiger partial charge is 0.267 e. The number of carbonyl (C=O) groups is 2. The van der Waals surface area contributed by atoms with Gasteiger partial charge in [0.1, 0.15) is 12.6 Å². The van der Waals surface area contributed by atoms with Gasteiger partial charge in [-0.3, -0.25) is 9.59 Å². The van der Waals surface area contributed by atoms with Crippen LogP contribution in [0.3, 0.4) is 0 Å². The Morgan fingerprint density at radius 3 is 2.63 bits per heavy atom. The predicted octanol–water partition coefficient (Wildman–Crippen LogP) is 0.329. The number of benzene rings is 1. The van der Waals surface area contributed by atoms with Crippen molar-refractivity contribution >= 4 is 24.2 Å². The number of ether oxygens (including phenoxy) is 3. The number of hydrogen-bond acceptors (Lipinski definition) is 6. The van der Waals surface area contributed by atoms with Crippen LogP contribution < -0.4 is 20.5 Å². The number of carbonyl (C=O) groups excluding carboxylic acids is 2. The summed E-state index contributed by atoms with van der Waals surface area (Å²) in [5, 5.41) is 2.92. The molecule has 0 aliphatic carbocycles. The average Bonchev–Trinajstić information content (AvgIpc) is 2.67. The zero-order valence-corrected chi connectivity index (χ0v) is 16.1. The lowest BCUT2D eigenvalue weighted by Crippen LogP contribution is -2.54. The fraction of sp³-hybridized carbons (Fsp3) is 0.556. The second-order valence-electron chi connectivity index (χ2n) is 6.53. The van der Waals surface area contributed by atoms with Crippen LogP contribution in [-0.2, 0) is 14.3 Å². The van der Waals surface area contributed by atoms with Crippen molar-refractivity contribution in [1.82, 2.24) is 10.2 Å². The molecule has 1 saturated heterocycles. The molecule has 2 aliphatic rings. The summed E-state index contributed by atoms with van der Waals surface area (Å²) in [5.74, 6) is 0.939. The molecule has 1 aromatic rings. The highest BCUT2D eigenvalue weighted by molar-refractivity contribution is 5.85. The van der Waals surface area contributed by atoms with Gasteiger partial charge in [-0.15, -0.1) is 12.4 Å². The van der Waals surface area contributed by atoms with Crippen LogP contribution in [0, 0.1) is 0 Å². The fourth-order valence-electron chi connectivity index (χ4n) is 3.15. The topological polar surface area (TPSA) is 103 Å². The lowest BCUT2D eigenvalue weighted by molar-refractivity contribution is -0.142. The first-order valence-corrected chi connectivity index (χ1v) is 8.80. The van der Waals surface area contributed by atoms with E-state index in [-0.39, 0.29) is 43.5 Å². The summed E-state index contributed by atoms with van der Waals surface area (Å²) >= 11 is 0. The fourth-order valence-corrected chi connectivity index (χ4v) is 3.15. The highest BCUT2D eigenvalue weighted by Crippen LogP contribution is 2.31. The number of nitrogens with zero attached hydrogens (tertiary/aromatic N) is 1. The number of rotatable bonds is 5. The Kier molecular flexibility index (Phi) is 7.70. The molecule has 2 atom stereocenters. The average molecular weight is 400 g/mol. The van der Waals surface area contributed by atoms with Crippen LogP contribution in [0.2, 0.25) is 0 Å². The molecule has 2 unspecified atom stereocenters. The lowest BCUT2D eigenvalue weighted by atomic mass is 10.0. The van der Waals surface area contributed by atoms with Crippen molar-refractivity contribution in [1.29, 1.82) is 0 Å². The van der Waals surface area contributed by atoms with E-state index >= 15 is 0 Å². The van der Waals surface area contributed by atoms with Crippen molar-refractivity contribution in [3.8, 4) is 11.5 Å². The molecule has 3 rings (SSSR count). The molecule has 0 saturated carbocycles. The van der Waals surface area contributed by atoms with Crippen molar-refractivity contribution in [2.24, 2.45) is 5.73 Å². The van der Waals surface area contributed by atoms with Gasteiger partial charge in [0.05, 0.1) is 6.61 Å². The standard InChI is InChI=1S/C18H25N3O5.ClH/c1-24-10-13(19)17(22)20-12-6-8-21(9-7-12)18(23)16-11-25-14-4-2-3-5-15(14)26-16;/h2-5,12-13,16H,6-11,19H2,1H3,(H,20,22);1H. The largest absolute Gasteiger partial charge is 0.485 e. The highest BCUT2D eigenvalue weighted by Gasteiger charge is 2.33. The van der Waals surface area contributed by atoms with Gasteiger partial charge >= 0.3 is 0 Å².